The maximum absolute atomic E-state index is 12.9. The molecule has 1 aliphatic heterocycles. The Morgan fingerprint density at radius 2 is 2.00 bits per heavy atom. The fourth-order valence-electron chi connectivity index (χ4n) is 3.17. The minimum atomic E-state index is -1.61. The van der Waals surface area contributed by atoms with Crippen LogP contribution in [0.3, 0.4) is 0 Å². The second-order valence-electron chi connectivity index (χ2n) is 5.85. The number of hydroxylamine groups is 2. The number of hydrazone groups is 1. The SMILES string of the molecule is CC1=NN(C)C(=O)C1(C1=CCCC=C1)N(O)C(=O)c1ccccc1. The van der Waals surface area contributed by atoms with Crippen LogP contribution in [0.4, 0.5) is 0 Å². The largest absolute Gasteiger partial charge is 0.284 e. The van der Waals surface area contributed by atoms with Crippen molar-refractivity contribution < 1.29 is 14.8 Å². The van der Waals surface area contributed by atoms with Crippen molar-refractivity contribution in [3.05, 3.63) is 59.7 Å². The van der Waals surface area contributed by atoms with Gasteiger partial charge in [-0.1, -0.05) is 36.4 Å². The summed E-state index contributed by atoms with van der Waals surface area (Å²) in [5.41, 5.74) is -0.385. The molecule has 1 aromatic rings. The van der Waals surface area contributed by atoms with Crippen LogP contribution < -0.4 is 0 Å². The second-order valence-corrected chi connectivity index (χ2v) is 5.85. The highest BCUT2D eigenvalue weighted by atomic mass is 16.5. The zero-order valence-corrected chi connectivity index (χ0v) is 13.6. The Bertz CT molecular complexity index is 767. The summed E-state index contributed by atoms with van der Waals surface area (Å²) in [6.07, 6.45) is 7.18. The minimum absolute atomic E-state index is 0.301. The standard InChI is InChI=1S/C18H19N3O3/c1-13-18(17(23)20(2)19-13,15-11-7-4-8-12-15)21(24)16(22)14-9-5-3-6-10-14/h3,5-7,9-12,24H,4,8H2,1-2H3. The Hall–Kier alpha value is -2.73. The lowest BCUT2D eigenvalue weighted by molar-refractivity contribution is -0.150. The van der Waals surface area contributed by atoms with Gasteiger partial charge in [0.25, 0.3) is 11.8 Å². The van der Waals surface area contributed by atoms with Crippen molar-refractivity contribution in [2.45, 2.75) is 25.3 Å². The molecule has 3 rings (SSSR count). The summed E-state index contributed by atoms with van der Waals surface area (Å²) in [7, 11) is 1.52. The van der Waals surface area contributed by atoms with Gasteiger partial charge in [-0.3, -0.25) is 14.8 Å². The number of likely N-dealkylation sites (N-methyl/N-ethyl adjacent to an activating group) is 1. The zero-order chi connectivity index (χ0) is 17.3. The van der Waals surface area contributed by atoms with E-state index in [9.17, 15) is 14.8 Å². The van der Waals surface area contributed by atoms with Gasteiger partial charge in [0.2, 0.25) is 5.54 Å². The molecule has 0 fully saturated rings. The van der Waals surface area contributed by atoms with E-state index in [-0.39, 0.29) is 0 Å². The number of benzene rings is 1. The molecular formula is C18H19N3O3. The molecule has 124 valence electrons. The zero-order valence-electron chi connectivity index (χ0n) is 13.6. The fraction of sp³-hybridized carbons (Fsp3) is 0.278. The van der Waals surface area contributed by atoms with Gasteiger partial charge in [0.1, 0.15) is 0 Å². The molecule has 1 aliphatic carbocycles. The van der Waals surface area contributed by atoms with Crippen LogP contribution in [0.15, 0.2) is 59.2 Å². The first-order valence-electron chi connectivity index (χ1n) is 7.79. The Labute approximate surface area is 140 Å². The number of nitrogens with zero attached hydrogens (tertiary/aromatic N) is 3. The average Bonchev–Trinajstić information content (AvgIpc) is 2.85. The van der Waals surface area contributed by atoms with E-state index in [1.54, 1.807) is 43.3 Å². The van der Waals surface area contributed by atoms with E-state index in [0.29, 0.717) is 21.9 Å². The van der Waals surface area contributed by atoms with Crippen LogP contribution in [-0.4, -0.2) is 45.4 Å². The molecule has 0 saturated heterocycles. The van der Waals surface area contributed by atoms with Gasteiger partial charge in [0, 0.05) is 12.6 Å². The van der Waals surface area contributed by atoms with Gasteiger partial charge in [-0.2, -0.15) is 10.2 Å². The molecule has 1 atom stereocenters. The molecule has 6 heteroatoms. The molecule has 1 N–H and O–H groups in total. The first-order chi connectivity index (χ1) is 11.5. The van der Waals surface area contributed by atoms with Gasteiger partial charge in [-0.15, -0.1) is 0 Å². The molecule has 1 aromatic carbocycles. The van der Waals surface area contributed by atoms with Crippen LogP contribution in [-0.2, 0) is 4.79 Å². The number of allylic oxidation sites excluding steroid dienone is 2. The second kappa shape index (κ2) is 6.05. The van der Waals surface area contributed by atoms with Crippen molar-refractivity contribution in [1.29, 1.82) is 0 Å². The van der Waals surface area contributed by atoms with E-state index in [1.165, 1.54) is 12.1 Å². The molecule has 0 aromatic heterocycles. The van der Waals surface area contributed by atoms with Crippen LogP contribution in [0.25, 0.3) is 0 Å². The predicted octanol–water partition coefficient (Wildman–Crippen LogP) is 2.38. The predicted molar refractivity (Wildman–Crippen MR) is 89.5 cm³/mol. The lowest BCUT2D eigenvalue weighted by Crippen LogP contribution is -2.60. The molecule has 1 heterocycles. The number of carbonyl (C=O) groups excluding carboxylic acids is 2. The van der Waals surface area contributed by atoms with E-state index in [4.69, 9.17) is 0 Å². The highest BCUT2D eigenvalue weighted by molar-refractivity contribution is 6.21. The van der Waals surface area contributed by atoms with Crippen molar-refractivity contribution in [2.24, 2.45) is 5.10 Å². The van der Waals surface area contributed by atoms with Crippen molar-refractivity contribution >= 4 is 17.5 Å². The molecule has 6 nitrogen and oxygen atoms in total. The van der Waals surface area contributed by atoms with Gasteiger partial charge in [-0.05, 0) is 37.5 Å². The van der Waals surface area contributed by atoms with Crippen LogP contribution in [0.2, 0.25) is 0 Å². The van der Waals surface area contributed by atoms with Crippen molar-refractivity contribution in [1.82, 2.24) is 10.1 Å². The summed E-state index contributed by atoms with van der Waals surface area (Å²) >= 11 is 0. The maximum Gasteiger partial charge on any atom is 0.281 e. The minimum Gasteiger partial charge on any atom is -0.284 e. The van der Waals surface area contributed by atoms with Gasteiger partial charge < -0.3 is 0 Å². The molecule has 2 aliphatic rings. The average molecular weight is 325 g/mol. The third-order valence-corrected chi connectivity index (χ3v) is 4.37. The summed E-state index contributed by atoms with van der Waals surface area (Å²) in [5, 5.41) is 16.7. The fourth-order valence-corrected chi connectivity index (χ4v) is 3.17. The summed E-state index contributed by atoms with van der Waals surface area (Å²) in [5.74, 6) is -1.10. The molecule has 0 spiro atoms. The summed E-state index contributed by atoms with van der Waals surface area (Å²) < 4.78 is 0. The van der Waals surface area contributed by atoms with Gasteiger partial charge in [0.05, 0.1) is 5.71 Å². The number of hydrogen-bond donors (Lipinski definition) is 1. The number of rotatable bonds is 3. The van der Waals surface area contributed by atoms with Crippen molar-refractivity contribution in [3.63, 3.8) is 0 Å². The van der Waals surface area contributed by atoms with Crippen molar-refractivity contribution in [3.8, 4) is 0 Å². The molecule has 0 radical (unpaired) electrons. The molecular weight excluding hydrogens is 306 g/mol. The first-order valence-corrected chi connectivity index (χ1v) is 7.79. The van der Waals surface area contributed by atoms with E-state index < -0.39 is 17.4 Å². The molecule has 0 bridgehead atoms. The topological polar surface area (TPSA) is 73.2 Å². The Morgan fingerprint density at radius 1 is 1.29 bits per heavy atom. The maximum atomic E-state index is 12.9. The molecule has 24 heavy (non-hydrogen) atoms. The third kappa shape index (κ3) is 2.27. The normalized spacial score (nSPS) is 23.1. The first kappa shape index (κ1) is 16.1. The Kier molecular flexibility index (Phi) is 4.07. The summed E-state index contributed by atoms with van der Waals surface area (Å²) in [6.45, 7) is 1.65. The summed E-state index contributed by atoms with van der Waals surface area (Å²) in [4.78, 5) is 25.7. The lowest BCUT2D eigenvalue weighted by Gasteiger charge is -2.36. The molecule has 1 unspecified atom stereocenters. The number of amides is 2. The molecule has 0 saturated carbocycles. The van der Waals surface area contributed by atoms with Crippen LogP contribution in [0.1, 0.15) is 30.1 Å². The number of hydrogen-bond acceptors (Lipinski definition) is 4. The molecule has 2 amide bonds. The third-order valence-electron chi connectivity index (χ3n) is 4.37. The Balaban J connectivity index is 2.11. The summed E-state index contributed by atoms with van der Waals surface area (Å²) in [6, 6.07) is 8.38. The lowest BCUT2D eigenvalue weighted by atomic mass is 9.81. The van der Waals surface area contributed by atoms with Gasteiger partial charge >= 0.3 is 0 Å². The highest BCUT2D eigenvalue weighted by Gasteiger charge is 2.57. The van der Waals surface area contributed by atoms with E-state index in [1.807, 2.05) is 12.2 Å². The van der Waals surface area contributed by atoms with E-state index in [2.05, 4.69) is 5.10 Å². The quantitative estimate of drug-likeness (QED) is 0.685. The van der Waals surface area contributed by atoms with Crippen LogP contribution >= 0.6 is 0 Å². The van der Waals surface area contributed by atoms with Crippen molar-refractivity contribution in [2.75, 3.05) is 7.05 Å². The van der Waals surface area contributed by atoms with Crippen LogP contribution in [0, 0.1) is 0 Å². The Morgan fingerprint density at radius 3 is 2.54 bits per heavy atom. The van der Waals surface area contributed by atoms with E-state index in [0.717, 1.165) is 12.8 Å². The van der Waals surface area contributed by atoms with Gasteiger partial charge in [-0.25, -0.2) is 5.01 Å². The smallest absolute Gasteiger partial charge is 0.281 e. The highest BCUT2D eigenvalue weighted by Crippen LogP contribution is 2.36. The number of carbonyl (C=O) groups is 2. The monoisotopic (exact) mass is 325 g/mol. The van der Waals surface area contributed by atoms with E-state index >= 15 is 0 Å². The van der Waals surface area contributed by atoms with Crippen LogP contribution in [0.5, 0.6) is 0 Å². The van der Waals surface area contributed by atoms with Gasteiger partial charge in [0.15, 0.2) is 0 Å².